The van der Waals surface area contributed by atoms with E-state index in [9.17, 15) is 20.4 Å². The van der Waals surface area contributed by atoms with E-state index in [1.54, 1.807) is 0 Å². The fourth-order valence-electron chi connectivity index (χ4n) is 3.09. The Bertz CT molecular complexity index is 238. The Labute approximate surface area is 129 Å². The van der Waals surface area contributed by atoms with E-state index >= 15 is 0 Å². The summed E-state index contributed by atoms with van der Waals surface area (Å²) in [6.45, 7) is 0. The second-order valence-corrected chi connectivity index (χ2v) is 6.73. The largest absolute Gasteiger partial charge is 0.361 e. The fraction of sp³-hybridized carbons (Fsp3) is 1.00. The van der Waals surface area contributed by atoms with Gasteiger partial charge in [0.1, 0.15) is 0 Å². The van der Waals surface area contributed by atoms with Crippen molar-refractivity contribution in [1.29, 1.82) is 0 Å². The van der Waals surface area contributed by atoms with E-state index in [1.807, 2.05) is 0 Å². The van der Waals surface area contributed by atoms with Gasteiger partial charge in [0.15, 0.2) is 0 Å². The SMILES string of the molecule is OC1(O)CCCCCCCCCCCCCCCC1(O)O. The van der Waals surface area contributed by atoms with Gasteiger partial charge in [-0.05, 0) is 12.8 Å². The molecule has 0 spiro atoms. The molecule has 0 heterocycles. The number of hydrogen-bond donors (Lipinski definition) is 4. The van der Waals surface area contributed by atoms with Gasteiger partial charge >= 0.3 is 0 Å². The van der Waals surface area contributed by atoms with Gasteiger partial charge in [0, 0.05) is 12.8 Å². The molecule has 4 N–H and O–H groups in total. The standard InChI is InChI=1S/C17H34O4/c18-16(19)14-12-10-8-6-4-2-1-3-5-7-9-11-13-15-17(16,20)21/h18-21H,1-15H2. The molecule has 1 rings (SSSR count). The van der Waals surface area contributed by atoms with Crippen molar-refractivity contribution < 1.29 is 20.4 Å². The first-order valence-corrected chi connectivity index (χ1v) is 8.85. The molecule has 0 aromatic carbocycles. The molecule has 4 heteroatoms. The smallest absolute Gasteiger partial charge is 0.218 e. The Balaban J connectivity index is 2.42. The second kappa shape index (κ2) is 9.78. The van der Waals surface area contributed by atoms with Crippen LogP contribution >= 0.6 is 0 Å². The maximum atomic E-state index is 9.91. The third kappa shape index (κ3) is 7.59. The Morgan fingerprint density at radius 3 is 0.762 bits per heavy atom. The molecule has 1 aliphatic carbocycles. The summed E-state index contributed by atoms with van der Waals surface area (Å²) in [5, 5.41) is 39.7. The Hall–Kier alpha value is -0.160. The molecule has 1 aliphatic rings. The zero-order chi connectivity index (χ0) is 15.6. The summed E-state index contributed by atoms with van der Waals surface area (Å²) in [4.78, 5) is 0. The molecule has 126 valence electrons. The first-order valence-electron chi connectivity index (χ1n) is 8.85. The molecular weight excluding hydrogens is 268 g/mol. The molecule has 0 aliphatic heterocycles. The predicted molar refractivity (Wildman–Crippen MR) is 83.6 cm³/mol. The lowest BCUT2D eigenvalue weighted by atomic mass is 9.93. The van der Waals surface area contributed by atoms with Gasteiger partial charge in [-0.2, -0.15) is 0 Å². The molecule has 4 nitrogen and oxygen atoms in total. The summed E-state index contributed by atoms with van der Waals surface area (Å²) in [6, 6.07) is 0. The molecule has 1 saturated carbocycles. The normalized spacial score (nSPS) is 26.9. The van der Waals surface area contributed by atoms with Crippen LogP contribution in [0.25, 0.3) is 0 Å². The first-order chi connectivity index (χ1) is 9.96. The monoisotopic (exact) mass is 302 g/mol. The highest BCUT2D eigenvalue weighted by atomic mass is 16.6. The summed E-state index contributed by atoms with van der Waals surface area (Å²) in [7, 11) is 0. The van der Waals surface area contributed by atoms with Gasteiger partial charge < -0.3 is 20.4 Å². The van der Waals surface area contributed by atoms with E-state index in [4.69, 9.17) is 0 Å². The average Bonchev–Trinajstić information content (AvgIpc) is 2.42. The molecule has 0 unspecified atom stereocenters. The lowest BCUT2D eigenvalue weighted by molar-refractivity contribution is -0.361. The third-order valence-corrected chi connectivity index (χ3v) is 4.69. The third-order valence-electron chi connectivity index (χ3n) is 4.69. The lowest BCUT2D eigenvalue weighted by Gasteiger charge is -2.35. The van der Waals surface area contributed by atoms with E-state index in [0.717, 1.165) is 25.7 Å². The second-order valence-electron chi connectivity index (χ2n) is 6.73. The van der Waals surface area contributed by atoms with E-state index in [1.165, 1.54) is 44.9 Å². The van der Waals surface area contributed by atoms with Crippen molar-refractivity contribution >= 4 is 0 Å². The number of aliphatic hydroxyl groups is 4. The zero-order valence-corrected chi connectivity index (χ0v) is 13.4. The van der Waals surface area contributed by atoms with Crippen molar-refractivity contribution in [3.63, 3.8) is 0 Å². The highest BCUT2D eigenvalue weighted by Gasteiger charge is 2.45. The molecular formula is C17H34O4. The predicted octanol–water partition coefficient (Wildman–Crippen LogP) is 3.21. The van der Waals surface area contributed by atoms with Crippen LogP contribution < -0.4 is 0 Å². The molecule has 0 aromatic rings. The van der Waals surface area contributed by atoms with E-state index in [2.05, 4.69) is 0 Å². The zero-order valence-electron chi connectivity index (χ0n) is 13.4. The van der Waals surface area contributed by atoms with Crippen LogP contribution in [0.1, 0.15) is 96.3 Å². The van der Waals surface area contributed by atoms with Crippen LogP contribution in [-0.4, -0.2) is 32.0 Å². The maximum absolute atomic E-state index is 9.91. The summed E-state index contributed by atoms with van der Waals surface area (Å²) >= 11 is 0. The number of hydrogen-bond acceptors (Lipinski definition) is 4. The highest BCUT2D eigenvalue weighted by molar-refractivity contribution is 4.82. The minimum absolute atomic E-state index is 0.0278. The molecule has 0 aromatic heterocycles. The van der Waals surface area contributed by atoms with Crippen molar-refractivity contribution in [3.8, 4) is 0 Å². The van der Waals surface area contributed by atoms with Gasteiger partial charge in [0.2, 0.25) is 11.6 Å². The number of rotatable bonds is 0. The Morgan fingerprint density at radius 2 is 0.524 bits per heavy atom. The molecule has 0 amide bonds. The lowest BCUT2D eigenvalue weighted by Crippen LogP contribution is -2.54. The Kier molecular flexibility index (Phi) is 8.79. The van der Waals surface area contributed by atoms with Crippen molar-refractivity contribution in [2.75, 3.05) is 0 Å². The highest BCUT2D eigenvalue weighted by Crippen LogP contribution is 2.29. The van der Waals surface area contributed by atoms with Crippen molar-refractivity contribution in [2.24, 2.45) is 0 Å². The first kappa shape index (κ1) is 18.9. The minimum atomic E-state index is -2.39. The van der Waals surface area contributed by atoms with Gasteiger partial charge in [-0.1, -0.05) is 70.6 Å². The molecule has 0 bridgehead atoms. The molecule has 21 heavy (non-hydrogen) atoms. The van der Waals surface area contributed by atoms with E-state index in [0.29, 0.717) is 12.8 Å². The summed E-state index contributed by atoms with van der Waals surface area (Å²) in [6.07, 6.45) is 14.1. The summed E-state index contributed by atoms with van der Waals surface area (Å²) in [5.41, 5.74) is 0. The van der Waals surface area contributed by atoms with Gasteiger partial charge in [-0.25, -0.2) is 0 Å². The van der Waals surface area contributed by atoms with Crippen LogP contribution in [0.5, 0.6) is 0 Å². The minimum Gasteiger partial charge on any atom is -0.361 e. The molecule has 0 radical (unpaired) electrons. The van der Waals surface area contributed by atoms with Crippen molar-refractivity contribution in [3.05, 3.63) is 0 Å². The maximum Gasteiger partial charge on any atom is 0.218 e. The van der Waals surface area contributed by atoms with Crippen molar-refractivity contribution in [2.45, 2.75) is 108 Å². The van der Waals surface area contributed by atoms with E-state index in [-0.39, 0.29) is 12.8 Å². The molecule has 1 fully saturated rings. The van der Waals surface area contributed by atoms with E-state index < -0.39 is 11.6 Å². The molecule has 0 saturated heterocycles. The topological polar surface area (TPSA) is 80.9 Å². The van der Waals surface area contributed by atoms with Crippen LogP contribution in [0.15, 0.2) is 0 Å². The van der Waals surface area contributed by atoms with Crippen LogP contribution in [-0.2, 0) is 0 Å². The van der Waals surface area contributed by atoms with Gasteiger partial charge in [0.05, 0.1) is 0 Å². The van der Waals surface area contributed by atoms with Crippen LogP contribution in [0.4, 0.5) is 0 Å². The van der Waals surface area contributed by atoms with Crippen LogP contribution in [0, 0.1) is 0 Å². The summed E-state index contributed by atoms with van der Waals surface area (Å²) in [5.74, 6) is -4.78. The van der Waals surface area contributed by atoms with Gasteiger partial charge in [0.25, 0.3) is 0 Å². The summed E-state index contributed by atoms with van der Waals surface area (Å²) < 4.78 is 0. The Morgan fingerprint density at radius 1 is 0.333 bits per heavy atom. The van der Waals surface area contributed by atoms with Crippen molar-refractivity contribution in [1.82, 2.24) is 0 Å². The average molecular weight is 302 g/mol. The van der Waals surface area contributed by atoms with Crippen LogP contribution in [0.3, 0.4) is 0 Å². The van der Waals surface area contributed by atoms with Gasteiger partial charge in [-0.3, -0.25) is 0 Å². The van der Waals surface area contributed by atoms with Gasteiger partial charge in [-0.15, -0.1) is 0 Å². The fourth-order valence-corrected chi connectivity index (χ4v) is 3.09. The quantitative estimate of drug-likeness (QED) is 0.518. The van der Waals surface area contributed by atoms with Crippen LogP contribution in [0.2, 0.25) is 0 Å². The molecule has 0 atom stereocenters.